The lowest BCUT2D eigenvalue weighted by atomic mass is 9.93. The maximum Gasteiger partial charge on any atom is 0.257 e. The minimum atomic E-state index is 0.0672. The van der Waals surface area contributed by atoms with Crippen molar-refractivity contribution in [3.8, 4) is 11.6 Å². The molecule has 4 nitrogen and oxygen atoms in total. The van der Waals surface area contributed by atoms with Crippen LogP contribution >= 0.6 is 0 Å². The summed E-state index contributed by atoms with van der Waals surface area (Å²) in [7, 11) is 0. The summed E-state index contributed by atoms with van der Waals surface area (Å²) in [6.45, 7) is 2.76. The lowest BCUT2D eigenvalue weighted by Crippen LogP contribution is -2.41. The maximum absolute atomic E-state index is 6.08. The van der Waals surface area contributed by atoms with Crippen molar-refractivity contribution in [1.29, 1.82) is 0 Å². The van der Waals surface area contributed by atoms with Crippen LogP contribution in [0.1, 0.15) is 39.0 Å². The summed E-state index contributed by atoms with van der Waals surface area (Å²) in [4.78, 5) is 4.26. The molecule has 1 fully saturated rings. The highest BCUT2D eigenvalue weighted by molar-refractivity contribution is 5.32. The first-order chi connectivity index (χ1) is 8.81. The van der Waals surface area contributed by atoms with Crippen molar-refractivity contribution in [2.24, 2.45) is 5.73 Å². The second-order valence-electron chi connectivity index (χ2n) is 4.76. The first-order valence-corrected chi connectivity index (χ1v) is 6.81. The van der Waals surface area contributed by atoms with Gasteiger partial charge in [-0.3, -0.25) is 0 Å². The van der Waals surface area contributed by atoms with Gasteiger partial charge in [0.05, 0.1) is 6.61 Å². The van der Waals surface area contributed by atoms with E-state index in [4.69, 9.17) is 15.2 Å². The molecule has 1 aromatic heterocycles. The summed E-state index contributed by atoms with van der Waals surface area (Å²) < 4.78 is 11.6. The Morgan fingerprint density at radius 2 is 2.22 bits per heavy atom. The van der Waals surface area contributed by atoms with Gasteiger partial charge in [0.1, 0.15) is 6.10 Å². The fraction of sp³-hybridized carbons (Fsp3) is 0.643. The summed E-state index contributed by atoms with van der Waals surface area (Å²) in [5, 5.41) is 0. The predicted molar refractivity (Wildman–Crippen MR) is 70.9 cm³/mol. The van der Waals surface area contributed by atoms with Crippen molar-refractivity contribution < 1.29 is 9.47 Å². The van der Waals surface area contributed by atoms with Gasteiger partial charge in [0.2, 0.25) is 0 Å². The van der Waals surface area contributed by atoms with E-state index >= 15 is 0 Å². The van der Waals surface area contributed by atoms with Crippen LogP contribution in [0.4, 0.5) is 0 Å². The molecule has 2 atom stereocenters. The highest BCUT2D eigenvalue weighted by atomic mass is 16.5. The number of ether oxygens (including phenoxy) is 2. The Labute approximate surface area is 108 Å². The highest BCUT2D eigenvalue weighted by Gasteiger charge is 2.24. The number of hydrogen-bond donors (Lipinski definition) is 1. The fourth-order valence-corrected chi connectivity index (χ4v) is 2.20. The van der Waals surface area contributed by atoms with Crippen molar-refractivity contribution in [2.75, 3.05) is 6.61 Å². The second-order valence-corrected chi connectivity index (χ2v) is 4.76. The van der Waals surface area contributed by atoms with E-state index in [1.165, 1.54) is 12.8 Å². The zero-order chi connectivity index (χ0) is 12.8. The normalized spacial score (nSPS) is 23.7. The summed E-state index contributed by atoms with van der Waals surface area (Å²) in [6, 6.07) is 3.87. The Morgan fingerprint density at radius 3 is 3.00 bits per heavy atom. The lowest BCUT2D eigenvalue weighted by molar-refractivity contribution is 0.120. The molecule has 4 heteroatoms. The number of hydrogen-bond acceptors (Lipinski definition) is 4. The van der Waals surface area contributed by atoms with Crippen molar-refractivity contribution in [3.63, 3.8) is 0 Å². The van der Waals surface area contributed by atoms with Gasteiger partial charge in [-0.2, -0.15) is 0 Å². The molecular formula is C14H22N2O2. The van der Waals surface area contributed by atoms with Crippen LogP contribution in [0, 0.1) is 0 Å². The van der Waals surface area contributed by atoms with E-state index in [9.17, 15) is 0 Å². The molecule has 0 aromatic carbocycles. The average Bonchev–Trinajstić information content (AvgIpc) is 2.40. The molecule has 18 heavy (non-hydrogen) atoms. The van der Waals surface area contributed by atoms with Gasteiger partial charge >= 0.3 is 0 Å². The highest BCUT2D eigenvalue weighted by Crippen LogP contribution is 2.28. The first-order valence-electron chi connectivity index (χ1n) is 6.81. The number of rotatable bonds is 5. The molecule has 0 spiro atoms. The third-order valence-corrected chi connectivity index (χ3v) is 3.21. The summed E-state index contributed by atoms with van der Waals surface area (Å²) in [5.74, 6) is 1.30. The van der Waals surface area contributed by atoms with Crippen molar-refractivity contribution in [3.05, 3.63) is 18.3 Å². The topological polar surface area (TPSA) is 57.4 Å². The minimum Gasteiger partial charge on any atom is -0.488 e. The second kappa shape index (κ2) is 6.59. The largest absolute Gasteiger partial charge is 0.488 e. The molecule has 0 amide bonds. The van der Waals surface area contributed by atoms with Gasteiger partial charge in [0, 0.05) is 12.2 Å². The lowest BCUT2D eigenvalue weighted by Gasteiger charge is -2.29. The van der Waals surface area contributed by atoms with Crippen LogP contribution in [0.15, 0.2) is 18.3 Å². The van der Waals surface area contributed by atoms with E-state index in [0.717, 1.165) is 25.0 Å². The Balaban J connectivity index is 2.03. The zero-order valence-electron chi connectivity index (χ0n) is 11.0. The van der Waals surface area contributed by atoms with E-state index in [2.05, 4.69) is 11.9 Å². The van der Waals surface area contributed by atoms with Gasteiger partial charge in [-0.1, -0.05) is 13.3 Å². The quantitative estimate of drug-likeness (QED) is 0.872. The third kappa shape index (κ3) is 3.35. The third-order valence-electron chi connectivity index (χ3n) is 3.21. The number of pyridine rings is 1. The molecule has 2 rings (SSSR count). The first kappa shape index (κ1) is 13.1. The molecule has 1 aliphatic rings. The average molecular weight is 250 g/mol. The van der Waals surface area contributed by atoms with Gasteiger partial charge in [0.25, 0.3) is 5.88 Å². The number of aromatic nitrogens is 1. The molecule has 100 valence electrons. The summed E-state index contributed by atoms with van der Waals surface area (Å²) in [6.07, 6.45) is 7.17. The van der Waals surface area contributed by atoms with Crippen LogP contribution in [-0.4, -0.2) is 23.7 Å². The van der Waals surface area contributed by atoms with Gasteiger partial charge in [0.15, 0.2) is 5.75 Å². The van der Waals surface area contributed by atoms with Crippen molar-refractivity contribution in [1.82, 2.24) is 4.98 Å². The van der Waals surface area contributed by atoms with E-state index in [0.29, 0.717) is 12.5 Å². The molecule has 0 radical (unpaired) electrons. The van der Waals surface area contributed by atoms with Crippen LogP contribution in [0.5, 0.6) is 11.6 Å². The van der Waals surface area contributed by atoms with E-state index in [1.807, 2.05) is 12.1 Å². The molecule has 2 N–H and O–H groups in total. The van der Waals surface area contributed by atoms with Crippen LogP contribution in [-0.2, 0) is 0 Å². The van der Waals surface area contributed by atoms with Crippen molar-refractivity contribution in [2.45, 2.75) is 51.2 Å². The van der Waals surface area contributed by atoms with Crippen LogP contribution < -0.4 is 15.2 Å². The Hall–Kier alpha value is -1.29. The minimum absolute atomic E-state index is 0.0672. The van der Waals surface area contributed by atoms with Crippen LogP contribution in [0.2, 0.25) is 0 Å². The standard InChI is InChI=1S/C14H22N2O2/c1-2-10-17-13-8-5-9-16-14(13)18-12-7-4-3-6-11(12)15/h5,8-9,11-12H,2-4,6-7,10,15H2,1H3. The summed E-state index contributed by atoms with van der Waals surface area (Å²) >= 11 is 0. The van der Waals surface area contributed by atoms with Gasteiger partial charge in [-0.05, 0) is 37.8 Å². The van der Waals surface area contributed by atoms with Crippen molar-refractivity contribution >= 4 is 0 Å². The molecule has 0 saturated heterocycles. The Kier molecular flexibility index (Phi) is 4.81. The maximum atomic E-state index is 6.08. The molecule has 1 saturated carbocycles. The Bertz CT molecular complexity index is 371. The smallest absolute Gasteiger partial charge is 0.257 e. The molecular weight excluding hydrogens is 228 g/mol. The monoisotopic (exact) mass is 250 g/mol. The molecule has 0 bridgehead atoms. The molecule has 0 aliphatic heterocycles. The Morgan fingerprint density at radius 1 is 1.39 bits per heavy atom. The number of nitrogens with two attached hydrogens (primary N) is 1. The molecule has 1 heterocycles. The predicted octanol–water partition coefficient (Wildman–Crippen LogP) is 2.52. The molecule has 1 aromatic rings. The summed E-state index contributed by atoms with van der Waals surface area (Å²) in [5.41, 5.74) is 6.08. The van der Waals surface area contributed by atoms with Gasteiger partial charge < -0.3 is 15.2 Å². The van der Waals surface area contributed by atoms with E-state index in [-0.39, 0.29) is 12.1 Å². The van der Waals surface area contributed by atoms with Gasteiger partial charge in [-0.15, -0.1) is 0 Å². The van der Waals surface area contributed by atoms with Crippen LogP contribution in [0.3, 0.4) is 0 Å². The van der Waals surface area contributed by atoms with Crippen LogP contribution in [0.25, 0.3) is 0 Å². The number of nitrogens with zero attached hydrogens (tertiary/aromatic N) is 1. The van der Waals surface area contributed by atoms with Gasteiger partial charge in [-0.25, -0.2) is 4.98 Å². The van der Waals surface area contributed by atoms with E-state index in [1.54, 1.807) is 6.20 Å². The zero-order valence-corrected chi connectivity index (χ0v) is 11.0. The van der Waals surface area contributed by atoms with E-state index < -0.39 is 0 Å². The molecule has 1 aliphatic carbocycles. The SMILES string of the molecule is CCCOc1cccnc1OC1CCCCC1N. The fourth-order valence-electron chi connectivity index (χ4n) is 2.20. The molecule has 2 unspecified atom stereocenters.